The van der Waals surface area contributed by atoms with E-state index < -0.39 is 0 Å². The van der Waals surface area contributed by atoms with Crippen molar-refractivity contribution in [2.24, 2.45) is 0 Å². The van der Waals surface area contributed by atoms with Crippen molar-refractivity contribution in [2.45, 2.75) is 25.9 Å². The number of amides is 1. The number of hydrogen-bond acceptors (Lipinski definition) is 3. The summed E-state index contributed by atoms with van der Waals surface area (Å²) in [7, 11) is 0. The lowest BCUT2D eigenvalue weighted by atomic mass is 10.1. The Labute approximate surface area is 162 Å². The van der Waals surface area contributed by atoms with Gasteiger partial charge in [-0.1, -0.05) is 54.1 Å². The molecule has 0 saturated heterocycles. The molecule has 134 valence electrons. The molecule has 1 heterocycles. The number of carbonyl (C=O) groups is 1. The Morgan fingerprint density at radius 3 is 2.77 bits per heavy atom. The van der Waals surface area contributed by atoms with Crippen molar-refractivity contribution in [3.05, 3.63) is 81.3 Å². The highest BCUT2D eigenvalue weighted by Gasteiger charge is 2.15. The van der Waals surface area contributed by atoms with Crippen LogP contribution >= 0.6 is 23.8 Å². The SMILES string of the molecule is C[C@@H](NC(=O)Cc1n[nH]c(=S)n1Cc1ccccc1)c1cccc(Cl)c1. The highest BCUT2D eigenvalue weighted by Crippen LogP contribution is 2.17. The highest BCUT2D eigenvalue weighted by molar-refractivity contribution is 7.71. The normalized spacial score (nSPS) is 11.9. The smallest absolute Gasteiger partial charge is 0.228 e. The van der Waals surface area contributed by atoms with Gasteiger partial charge in [0.25, 0.3) is 0 Å². The van der Waals surface area contributed by atoms with E-state index in [9.17, 15) is 4.79 Å². The standard InChI is InChI=1S/C19H19ClN4OS/c1-13(15-8-5-9-16(20)10-15)21-18(25)11-17-22-23-19(26)24(17)12-14-6-3-2-4-7-14/h2-10,13H,11-12H2,1H3,(H,21,25)(H,23,26)/t13-/m1/s1. The lowest BCUT2D eigenvalue weighted by Gasteiger charge is -2.15. The van der Waals surface area contributed by atoms with Gasteiger partial charge in [0.1, 0.15) is 5.82 Å². The van der Waals surface area contributed by atoms with Crippen molar-refractivity contribution in [1.82, 2.24) is 20.1 Å². The maximum atomic E-state index is 12.4. The molecular formula is C19H19ClN4OS. The molecule has 0 aliphatic carbocycles. The molecule has 0 fully saturated rings. The molecule has 5 nitrogen and oxygen atoms in total. The minimum Gasteiger partial charge on any atom is -0.349 e. The number of halogens is 1. The molecule has 1 aromatic heterocycles. The van der Waals surface area contributed by atoms with Gasteiger partial charge in [-0.15, -0.1) is 0 Å². The summed E-state index contributed by atoms with van der Waals surface area (Å²) in [5.41, 5.74) is 2.05. The average molecular weight is 387 g/mol. The first kappa shape index (κ1) is 18.4. The van der Waals surface area contributed by atoms with Gasteiger partial charge in [-0.3, -0.25) is 14.5 Å². The van der Waals surface area contributed by atoms with E-state index in [2.05, 4.69) is 15.5 Å². The molecule has 3 aromatic rings. The lowest BCUT2D eigenvalue weighted by molar-refractivity contribution is -0.121. The molecule has 0 saturated carbocycles. The number of nitrogens with one attached hydrogen (secondary N) is 2. The number of benzene rings is 2. The number of nitrogens with zero attached hydrogens (tertiary/aromatic N) is 2. The molecule has 1 amide bonds. The van der Waals surface area contributed by atoms with Crippen LogP contribution in [-0.4, -0.2) is 20.7 Å². The largest absolute Gasteiger partial charge is 0.349 e. The topological polar surface area (TPSA) is 62.7 Å². The monoisotopic (exact) mass is 386 g/mol. The zero-order valence-electron chi connectivity index (χ0n) is 14.3. The van der Waals surface area contributed by atoms with Gasteiger partial charge in [0.15, 0.2) is 4.77 Å². The van der Waals surface area contributed by atoms with Crippen molar-refractivity contribution in [1.29, 1.82) is 0 Å². The fourth-order valence-electron chi connectivity index (χ4n) is 2.71. The summed E-state index contributed by atoms with van der Waals surface area (Å²) in [6.45, 7) is 2.49. The van der Waals surface area contributed by atoms with E-state index in [1.807, 2.05) is 60.0 Å². The van der Waals surface area contributed by atoms with Crippen molar-refractivity contribution < 1.29 is 4.79 Å². The number of aromatic amines is 1. The summed E-state index contributed by atoms with van der Waals surface area (Å²) in [4.78, 5) is 12.4. The van der Waals surface area contributed by atoms with E-state index >= 15 is 0 Å². The summed E-state index contributed by atoms with van der Waals surface area (Å²) >= 11 is 11.3. The Balaban J connectivity index is 1.69. The summed E-state index contributed by atoms with van der Waals surface area (Å²) in [5.74, 6) is 0.482. The molecule has 26 heavy (non-hydrogen) atoms. The van der Waals surface area contributed by atoms with Crippen LogP contribution in [-0.2, 0) is 17.8 Å². The van der Waals surface area contributed by atoms with E-state index in [1.165, 1.54) is 0 Å². The minimum atomic E-state index is -0.148. The van der Waals surface area contributed by atoms with Gasteiger partial charge >= 0.3 is 0 Å². The van der Waals surface area contributed by atoms with Gasteiger partial charge in [0.05, 0.1) is 19.0 Å². The van der Waals surface area contributed by atoms with E-state index in [1.54, 1.807) is 6.07 Å². The molecule has 0 aliphatic heterocycles. The molecule has 3 rings (SSSR count). The van der Waals surface area contributed by atoms with Crippen LogP contribution in [0.25, 0.3) is 0 Å². The maximum Gasteiger partial charge on any atom is 0.228 e. The molecular weight excluding hydrogens is 368 g/mol. The number of H-pyrrole nitrogens is 1. The average Bonchev–Trinajstić information content (AvgIpc) is 2.96. The van der Waals surface area contributed by atoms with Gasteiger partial charge in [-0.05, 0) is 42.4 Å². The zero-order chi connectivity index (χ0) is 18.5. The number of rotatable bonds is 6. The number of carbonyl (C=O) groups excluding carboxylic acids is 1. The van der Waals surface area contributed by atoms with Crippen molar-refractivity contribution >= 4 is 29.7 Å². The second kappa shape index (κ2) is 8.29. The third kappa shape index (κ3) is 4.59. The first-order valence-corrected chi connectivity index (χ1v) is 9.04. The van der Waals surface area contributed by atoms with Crippen molar-refractivity contribution in [3.63, 3.8) is 0 Å². The predicted octanol–water partition coefficient (Wildman–Crippen LogP) is 4.06. The van der Waals surface area contributed by atoms with Crippen molar-refractivity contribution in [3.8, 4) is 0 Å². The number of aromatic nitrogens is 3. The molecule has 0 bridgehead atoms. The summed E-state index contributed by atoms with van der Waals surface area (Å²) < 4.78 is 2.34. The van der Waals surface area contributed by atoms with Crippen LogP contribution in [0.3, 0.4) is 0 Å². The Morgan fingerprint density at radius 1 is 1.27 bits per heavy atom. The Bertz CT molecular complexity index is 951. The summed E-state index contributed by atoms with van der Waals surface area (Å²) in [5, 5.41) is 10.6. The molecule has 2 aromatic carbocycles. The fraction of sp³-hybridized carbons (Fsp3) is 0.211. The fourth-order valence-corrected chi connectivity index (χ4v) is 3.12. The van der Waals surface area contributed by atoms with E-state index in [0.29, 0.717) is 22.2 Å². The van der Waals surface area contributed by atoms with Crippen LogP contribution < -0.4 is 5.32 Å². The summed E-state index contributed by atoms with van der Waals surface area (Å²) in [6.07, 6.45) is 0.144. The molecule has 0 spiro atoms. The van der Waals surface area contributed by atoms with Crippen LogP contribution in [0.4, 0.5) is 0 Å². The van der Waals surface area contributed by atoms with E-state index in [0.717, 1.165) is 11.1 Å². The maximum absolute atomic E-state index is 12.4. The van der Waals surface area contributed by atoms with E-state index in [4.69, 9.17) is 23.8 Å². The van der Waals surface area contributed by atoms with Crippen LogP contribution in [0.15, 0.2) is 54.6 Å². The van der Waals surface area contributed by atoms with Crippen LogP contribution in [0.1, 0.15) is 29.9 Å². The van der Waals surface area contributed by atoms with Crippen molar-refractivity contribution in [2.75, 3.05) is 0 Å². The second-order valence-corrected chi connectivity index (χ2v) is 6.86. The quantitative estimate of drug-likeness (QED) is 0.628. The third-order valence-corrected chi connectivity index (χ3v) is 4.61. The zero-order valence-corrected chi connectivity index (χ0v) is 15.8. The van der Waals surface area contributed by atoms with Crippen LogP contribution in [0.2, 0.25) is 5.02 Å². The third-order valence-electron chi connectivity index (χ3n) is 4.07. The van der Waals surface area contributed by atoms with Crippen LogP contribution in [0.5, 0.6) is 0 Å². The van der Waals surface area contributed by atoms with Gasteiger partial charge in [-0.25, -0.2) is 0 Å². The predicted molar refractivity (Wildman–Crippen MR) is 105 cm³/mol. The molecule has 0 unspecified atom stereocenters. The lowest BCUT2D eigenvalue weighted by Crippen LogP contribution is -2.29. The Hall–Kier alpha value is -2.44. The Morgan fingerprint density at radius 2 is 2.04 bits per heavy atom. The molecule has 1 atom stereocenters. The first-order valence-electron chi connectivity index (χ1n) is 8.26. The van der Waals surface area contributed by atoms with Gasteiger partial charge in [0, 0.05) is 5.02 Å². The van der Waals surface area contributed by atoms with Gasteiger partial charge in [0.2, 0.25) is 5.91 Å². The summed E-state index contributed by atoms with van der Waals surface area (Å²) in [6, 6.07) is 17.2. The minimum absolute atomic E-state index is 0.124. The van der Waals surface area contributed by atoms with Gasteiger partial charge < -0.3 is 5.32 Å². The number of hydrogen-bond donors (Lipinski definition) is 2. The molecule has 0 radical (unpaired) electrons. The Kier molecular flexibility index (Phi) is 5.85. The highest BCUT2D eigenvalue weighted by atomic mass is 35.5. The molecule has 7 heteroatoms. The molecule has 2 N–H and O–H groups in total. The van der Waals surface area contributed by atoms with E-state index in [-0.39, 0.29) is 18.4 Å². The van der Waals surface area contributed by atoms with Crippen LogP contribution in [0, 0.1) is 4.77 Å². The second-order valence-electron chi connectivity index (χ2n) is 6.04. The molecule has 0 aliphatic rings. The first-order chi connectivity index (χ1) is 12.5. The van der Waals surface area contributed by atoms with Gasteiger partial charge in [-0.2, -0.15) is 5.10 Å².